The number of benzene rings is 1. The molecule has 0 radical (unpaired) electrons. The molecule has 2 heterocycles. The van der Waals surface area contributed by atoms with E-state index in [9.17, 15) is 9.59 Å². The van der Waals surface area contributed by atoms with Crippen molar-refractivity contribution < 1.29 is 19.1 Å². The Bertz CT molecular complexity index is 742. The summed E-state index contributed by atoms with van der Waals surface area (Å²) in [4.78, 5) is 26.0. The van der Waals surface area contributed by atoms with E-state index in [0.29, 0.717) is 13.0 Å². The van der Waals surface area contributed by atoms with Gasteiger partial charge in [0.25, 0.3) is 5.91 Å². The molecule has 132 valence electrons. The standard InChI is InChI=1S/C19H21NO4S/c1-23-16-5-6-17-15(11-16)3-2-9-20(17)18(21)12-24-19(22)7-4-14-8-10-25-13-14/h5-6,8,10-11,13H,2-4,7,9,12H2,1H3. The van der Waals surface area contributed by atoms with Crippen LogP contribution in [0.4, 0.5) is 5.69 Å². The first-order valence-electron chi connectivity index (χ1n) is 8.31. The highest BCUT2D eigenvalue weighted by atomic mass is 32.1. The molecule has 0 N–H and O–H groups in total. The van der Waals surface area contributed by atoms with Crippen LogP contribution in [0.5, 0.6) is 5.75 Å². The maximum Gasteiger partial charge on any atom is 0.306 e. The maximum atomic E-state index is 12.5. The first-order valence-corrected chi connectivity index (χ1v) is 9.25. The second kappa shape index (κ2) is 8.16. The van der Waals surface area contributed by atoms with Crippen molar-refractivity contribution in [2.24, 2.45) is 0 Å². The van der Waals surface area contributed by atoms with Crippen LogP contribution in [0.15, 0.2) is 35.0 Å². The lowest BCUT2D eigenvalue weighted by atomic mass is 10.0. The average molecular weight is 359 g/mol. The fourth-order valence-electron chi connectivity index (χ4n) is 2.93. The van der Waals surface area contributed by atoms with E-state index in [4.69, 9.17) is 9.47 Å². The topological polar surface area (TPSA) is 55.8 Å². The number of esters is 1. The van der Waals surface area contributed by atoms with Gasteiger partial charge < -0.3 is 14.4 Å². The van der Waals surface area contributed by atoms with Crippen molar-refractivity contribution in [2.45, 2.75) is 25.7 Å². The van der Waals surface area contributed by atoms with E-state index in [0.717, 1.165) is 35.4 Å². The molecule has 0 aliphatic carbocycles. The molecule has 2 aromatic rings. The number of carbonyl (C=O) groups excluding carboxylic acids is 2. The first-order chi connectivity index (χ1) is 12.2. The molecule has 25 heavy (non-hydrogen) atoms. The van der Waals surface area contributed by atoms with E-state index >= 15 is 0 Å². The Morgan fingerprint density at radius 2 is 2.16 bits per heavy atom. The van der Waals surface area contributed by atoms with E-state index in [1.807, 2.05) is 35.0 Å². The predicted molar refractivity (Wildman–Crippen MR) is 97.3 cm³/mol. The molecule has 3 rings (SSSR count). The third-order valence-corrected chi connectivity index (χ3v) is 4.99. The van der Waals surface area contributed by atoms with Crippen LogP contribution >= 0.6 is 11.3 Å². The van der Waals surface area contributed by atoms with E-state index in [-0.39, 0.29) is 24.9 Å². The van der Waals surface area contributed by atoms with Gasteiger partial charge in [-0.15, -0.1) is 0 Å². The number of thiophene rings is 1. The van der Waals surface area contributed by atoms with Gasteiger partial charge in [0, 0.05) is 18.7 Å². The predicted octanol–water partition coefficient (Wildman–Crippen LogP) is 3.21. The van der Waals surface area contributed by atoms with Gasteiger partial charge in [0.05, 0.1) is 7.11 Å². The Kier molecular flexibility index (Phi) is 5.71. The van der Waals surface area contributed by atoms with Crippen molar-refractivity contribution in [1.29, 1.82) is 0 Å². The van der Waals surface area contributed by atoms with Gasteiger partial charge in [-0.25, -0.2) is 0 Å². The summed E-state index contributed by atoms with van der Waals surface area (Å²) in [6, 6.07) is 7.69. The van der Waals surface area contributed by atoms with Crippen molar-refractivity contribution in [3.63, 3.8) is 0 Å². The Morgan fingerprint density at radius 3 is 2.92 bits per heavy atom. The third-order valence-electron chi connectivity index (χ3n) is 4.26. The van der Waals surface area contributed by atoms with Gasteiger partial charge in [-0.3, -0.25) is 9.59 Å². The fraction of sp³-hybridized carbons (Fsp3) is 0.368. The number of rotatable bonds is 6. The number of amides is 1. The summed E-state index contributed by atoms with van der Waals surface area (Å²) in [7, 11) is 1.63. The highest BCUT2D eigenvalue weighted by molar-refractivity contribution is 7.07. The van der Waals surface area contributed by atoms with Crippen LogP contribution in [-0.4, -0.2) is 32.1 Å². The van der Waals surface area contributed by atoms with Crippen LogP contribution in [0.1, 0.15) is 24.0 Å². The Hall–Kier alpha value is -2.34. The highest BCUT2D eigenvalue weighted by Crippen LogP contribution is 2.30. The number of carbonyl (C=O) groups is 2. The van der Waals surface area contributed by atoms with Gasteiger partial charge in [-0.05, 0) is 65.4 Å². The molecule has 0 unspecified atom stereocenters. The highest BCUT2D eigenvalue weighted by Gasteiger charge is 2.23. The SMILES string of the molecule is COc1ccc2c(c1)CCCN2C(=O)COC(=O)CCc1ccsc1. The molecule has 6 heteroatoms. The zero-order valence-corrected chi connectivity index (χ0v) is 15.0. The molecule has 1 aromatic heterocycles. The number of hydrogen-bond acceptors (Lipinski definition) is 5. The zero-order valence-electron chi connectivity index (χ0n) is 14.2. The number of nitrogens with zero attached hydrogens (tertiary/aromatic N) is 1. The molecule has 0 fully saturated rings. The fourth-order valence-corrected chi connectivity index (χ4v) is 3.64. The normalized spacial score (nSPS) is 13.2. The molecular formula is C19H21NO4S. The molecule has 0 saturated heterocycles. The lowest BCUT2D eigenvalue weighted by Gasteiger charge is -2.29. The summed E-state index contributed by atoms with van der Waals surface area (Å²) < 4.78 is 10.4. The van der Waals surface area contributed by atoms with Crippen molar-refractivity contribution >= 4 is 28.9 Å². The quantitative estimate of drug-likeness (QED) is 0.743. The number of fused-ring (bicyclic) bond motifs is 1. The molecule has 0 saturated carbocycles. The monoisotopic (exact) mass is 359 g/mol. The first kappa shape index (κ1) is 17.5. The van der Waals surface area contributed by atoms with Crippen LogP contribution in [-0.2, 0) is 27.2 Å². The van der Waals surface area contributed by atoms with Crippen molar-refractivity contribution in [3.8, 4) is 5.75 Å². The van der Waals surface area contributed by atoms with Crippen LogP contribution < -0.4 is 9.64 Å². The molecule has 1 aliphatic heterocycles. The molecule has 1 amide bonds. The van der Waals surface area contributed by atoms with E-state index in [1.54, 1.807) is 23.3 Å². The van der Waals surface area contributed by atoms with Crippen LogP contribution in [0, 0.1) is 0 Å². The second-order valence-corrected chi connectivity index (χ2v) is 6.72. The number of ether oxygens (including phenoxy) is 2. The third kappa shape index (κ3) is 4.39. The zero-order chi connectivity index (χ0) is 17.6. The van der Waals surface area contributed by atoms with Crippen LogP contribution in [0.3, 0.4) is 0 Å². The molecule has 0 bridgehead atoms. The van der Waals surface area contributed by atoms with Gasteiger partial charge in [0.1, 0.15) is 5.75 Å². The van der Waals surface area contributed by atoms with Crippen molar-refractivity contribution in [2.75, 3.05) is 25.2 Å². The molecule has 5 nitrogen and oxygen atoms in total. The molecule has 1 aliphatic rings. The van der Waals surface area contributed by atoms with Crippen molar-refractivity contribution in [3.05, 3.63) is 46.2 Å². The van der Waals surface area contributed by atoms with Gasteiger partial charge in [-0.2, -0.15) is 11.3 Å². The Balaban J connectivity index is 1.54. The minimum Gasteiger partial charge on any atom is -0.497 e. The summed E-state index contributed by atoms with van der Waals surface area (Å²) in [5, 5.41) is 3.99. The lowest BCUT2D eigenvalue weighted by Crippen LogP contribution is -2.38. The number of methoxy groups -OCH3 is 1. The van der Waals surface area contributed by atoms with Gasteiger partial charge in [0.2, 0.25) is 0 Å². The average Bonchev–Trinajstić information content (AvgIpc) is 3.17. The lowest BCUT2D eigenvalue weighted by molar-refractivity contribution is -0.147. The van der Waals surface area contributed by atoms with Crippen molar-refractivity contribution in [1.82, 2.24) is 0 Å². The smallest absolute Gasteiger partial charge is 0.306 e. The molecule has 0 atom stereocenters. The minimum atomic E-state index is -0.341. The summed E-state index contributed by atoms with van der Waals surface area (Å²) >= 11 is 1.60. The van der Waals surface area contributed by atoms with Gasteiger partial charge >= 0.3 is 5.97 Å². The number of anilines is 1. The van der Waals surface area contributed by atoms with Crippen LogP contribution in [0.2, 0.25) is 0 Å². The van der Waals surface area contributed by atoms with Gasteiger partial charge in [0.15, 0.2) is 6.61 Å². The molecule has 1 aromatic carbocycles. The second-order valence-electron chi connectivity index (χ2n) is 5.94. The number of aryl methyl sites for hydroxylation is 2. The Labute approximate surface area is 151 Å². The summed E-state index contributed by atoms with van der Waals surface area (Å²) in [5.74, 6) is 0.259. The largest absolute Gasteiger partial charge is 0.497 e. The van der Waals surface area contributed by atoms with E-state index in [2.05, 4.69) is 0 Å². The Morgan fingerprint density at radius 1 is 1.28 bits per heavy atom. The molecule has 0 spiro atoms. The van der Waals surface area contributed by atoms with E-state index in [1.165, 1.54) is 0 Å². The summed E-state index contributed by atoms with van der Waals surface area (Å²) in [6.45, 7) is 0.429. The minimum absolute atomic E-state index is 0.185. The van der Waals surface area contributed by atoms with E-state index < -0.39 is 0 Å². The molecular weight excluding hydrogens is 338 g/mol. The maximum absolute atomic E-state index is 12.5. The van der Waals surface area contributed by atoms with Crippen LogP contribution in [0.25, 0.3) is 0 Å². The number of hydrogen-bond donors (Lipinski definition) is 0. The van der Waals surface area contributed by atoms with Gasteiger partial charge in [-0.1, -0.05) is 0 Å². The summed E-state index contributed by atoms with van der Waals surface area (Å²) in [5.41, 5.74) is 3.08. The summed E-state index contributed by atoms with van der Waals surface area (Å²) in [6.07, 6.45) is 2.73.